The zero-order valence-corrected chi connectivity index (χ0v) is 15.8. The van der Waals surface area contributed by atoms with Crippen molar-refractivity contribution in [3.8, 4) is 0 Å². The first-order valence-electron chi connectivity index (χ1n) is 8.67. The zero-order chi connectivity index (χ0) is 17.9. The maximum Gasteiger partial charge on any atom is 0.262 e. The highest BCUT2D eigenvalue weighted by Crippen LogP contribution is 2.24. The molecule has 0 N–H and O–H groups in total. The molecule has 1 saturated heterocycles. The quantitative estimate of drug-likeness (QED) is 0.478. The van der Waals surface area contributed by atoms with Crippen LogP contribution >= 0.6 is 23.4 Å². The van der Waals surface area contributed by atoms with Gasteiger partial charge in [-0.15, -0.1) is 0 Å². The molecule has 1 fully saturated rings. The molecule has 0 saturated carbocycles. The first-order chi connectivity index (χ1) is 12.7. The fraction of sp³-hybridized carbons (Fsp3) is 0.368. The summed E-state index contributed by atoms with van der Waals surface area (Å²) < 4.78 is 12.9. The van der Waals surface area contributed by atoms with Crippen LogP contribution in [-0.2, 0) is 11.3 Å². The van der Waals surface area contributed by atoms with Crippen LogP contribution in [0.4, 0.5) is 0 Å². The summed E-state index contributed by atoms with van der Waals surface area (Å²) in [4.78, 5) is 17.7. The summed E-state index contributed by atoms with van der Waals surface area (Å²) in [6.45, 7) is 1.16. The van der Waals surface area contributed by atoms with E-state index in [1.807, 2.05) is 12.1 Å². The van der Waals surface area contributed by atoms with Crippen LogP contribution in [0.25, 0.3) is 10.9 Å². The standard InChI is InChI=1S/C19H19ClN2O3S/c20-13-6-7-16-17(10-13)21-19(26-12-15-4-1-2-8-25-15)22(18(16)23)11-14-5-3-9-24-14/h3,5-7,9-10,15H,1-2,4,8,11-12H2. The molecular weight excluding hydrogens is 372 g/mol. The van der Waals surface area contributed by atoms with E-state index in [0.29, 0.717) is 27.6 Å². The predicted octanol–water partition coefficient (Wildman–Crippen LogP) is 4.35. The molecule has 0 radical (unpaired) electrons. The highest BCUT2D eigenvalue weighted by molar-refractivity contribution is 7.99. The molecule has 4 rings (SSSR count). The molecule has 1 unspecified atom stereocenters. The maximum absolute atomic E-state index is 13.0. The Hall–Kier alpha value is -1.76. The van der Waals surface area contributed by atoms with Crippen molar-refractivity contribution in [3.63, 3.8) is 0 Å². The van der Waals surface area contributed by atoms with Crippen molar-refractivity contribution in [2.45, 2.75) is 37.1 Å². The van der Waals surface area contributed by atoms with E-state index in [0.717, 1.165) is 31.0 Å². The van der Waals surface area contributed by atoms with E-state index in [1.54, 1.807) is 40.8 Å². The molecule has 1 aliphatic rings. The Morgan fingerprint density at radius 1 is 1.31 bits per heavy atom. The summed E-state index contributed by atoms with van der Waals surface area (Å²) in [7, 11) is 0. The Kier molecular flexibility index (Phi) is 5.33. The molecule has 26 heavy (non-hydrogen) atoms. The second kappa shape index (κ2) is 7.86. The number of hydrogen-bond acceptors (Lipinski definition) is 5. The van der Waals surface area contributed by atoms with E-state index >= 15 is 0 Å². The number of halogens is 1. The van der Waals surface area contributed by atoms with Gasteiger partial charge in [0.2, 0.25) is 0 Å². The molecule has 0 aliphatic carbocycles. The third-order valence-electron chi connectivity index (χ3n) is 4.45. The van der Waals surface area contributed by atoms with Crippen molar-refractivity contribution in [1.29, 1.82) is 0 Å². The summed E-state index contributed by atoms with van der Waals surface area (Å²) >= 11 is 7.64. The van der Waals surface area contributed by atoms with Gasteiger partial charge in [-0.3, -0.25) is 9.36 Å². The molecule has 1 aliphatic heterocycles. The van der Waals surface area contributed by atoms with Gasteiger partial charge in [0.25, 0.3) is 5.56 Å². The summed E-state index contributed by atoms with van der Waals surface area (Å²) in [6.07, 6.45) is 5.17. The van der Waals surface area contributed by atoms with Crippen molar-refractivity contribution in [3.05, 3.63) is 57.7 Å². The number of rotatable bonds is 5. The van der Waals surface area contributed by atoms with Gasteiger partial charge in [-0.1, -0.05) is 23.4 Å². The van der Waals surface area contributed by atoms with Crippen LogP contribution in [0.15, 0.2) is 51.0 Å². The van der Waals surface area contributed by atoms with E-state index in [1.165, 1.54) is 6.42 Å². The Morgan fingerprint density at radius 3 is 3.00 bits per heavy atom. The minimum absolute atomic E-state index is 0.0878. The van der Waals surface area contributed by atoms with Crippen LogP contribution in [0.3, 0.4) is 0 Å². The molecule has 1 atom stereocenters. The highest BCUT2D eigenvalue weighted by Gasteiger charge is 2.18. The van der Waals surface area contributed by atoms with Gasteiger partial charge in [0.1, 0.15) is 5.76 Å². The van der Waals surface area contributed by atoms with Gasteiger partial charge < -0.3 is 9.15 Å². The van der Waals surface area contributed by atoms with Crippen LogP contribution in [0.5, 0.6) is 0 Å². The number of thioether (sulfide) groups is 1. The van der Waals surface area contributed by atoms with Crippen molar-refractivity contribution >= 4 is 34.3 Å². The van der Waals surface area contributed by atoms with Crippen LogP contribution in [-0.4, -0.2) is 28.0 Å². The van der Waals surface area contributed by atoms with E-state index in [-0.39, 0.29) is 11.7 Å². The van der Waals surface area contributed by atoms with E-state index < -0.39 is 0 Å². The van der Waals surface area contributed by atoms with Gasteiger partial charge in [0.15, 0.2) is 5.16 Å². The van der Waals surface area contributed by atoms with Gasteiger partial charge >= 0.3 is 0 Å². The molecule has 1 aromatic carbocycles. The van der Waals surface area contributed by atoms with Crippen molar-refractivity contribution < 1.29 is 9.15 Å². The molecular formula is C19H19ClN2O3S. The molecule has 3 aromatic rings. The van der Waals surface area contributed by atoms with Crippen LogP contribution in [0.1, 0.15) is 25.0 Å². The summed E-state index contributed by atoms with van der Waals surface area (Å²) in [5, 5.41) is 1.79. The number of ether oxygens (including phenoxy) is 1. The maximum atomic E-state index is 13.0. The fourth-order valence-electron chi connectivity index (χ4n) is 3.09. The number of aromatic nitrogens is 2. The Balaban J connectivity index is 1.70. The van der Waals surface area contributed by atoms with Gasteiger partial charge in [-0.05, 0) is 49.6 Å². The fourth-order valence-corrected chi connectivity index (χ4v) is 4.32. The van der Waals surface area contributed by atoms with Crippen LogP contribution < -0.4 is 5.56 Å². The molecule has 5 nitrogen and oxygen atoms in total. The lowest BCUT2D eigenvalue weighted by Gasteiger charge is -2.22. The van der Waals surface area contributed by atoms with Crippen molar-refractivity contribution in [2.75, 3.05) is 12.4 Å². The topological polar surface area (TPSA) is 57.3 Å². The number of nitrogens with zero attached hydrogens (tertiary/aromatic N) is 2. The number of furan rings is 1. The molecule has 136 valence electrons. The highest BCUT2D eigenvalue weighted by atomic mass is 35.5. The van der Waals surface area contributed by atoms with Gasteiger partial charge in [-0.2, -0.15) is 0 Å². The number of fused-ring (bicyclic) bond motifs is 1. The van der Waals surface area contributed by atoms with Crippen LogP contribution in [0.2, 0.25) is 5.02 Å². The Labute approximate surface area is 160 Å². The summed E-state index contributed by atoms with van der Waals surface area (Å²) in [6, 6.07) is 8.85. The molecule has 2 aromatic heterocycles. The normalized spacial score (nSPS) is 17.7. The molecule has 3 heterocycles. The minimum Gasteiger partial charge on any atom is -0.467 e. The monoisotopic (exact) mass is 390 g/mol. The van der Waals surface area contributed by atoms with Gasteiger partial charge in [-0.25, -0.2) is 4.98 Å². The second-order valence-corrected chi connectivity index (χ2v) is 7.75. The van der Waals surface area contributed by atoms with Crippen molar-refractivity contribution in [1.82, 2.24) is 9.55 Å². The molecule has 0 bridgehead atoms. The summed E-state index contributed by atoms with van der Waals surface area (Å²) in [5.41, 5.74) is 0.528. The number of hydrogen-bond donors (Lipinski definition) is 0. The smallest absolute Gasteiger partial charge is 0.262 e. The Bertz CT molecular complexity index is 949. The lowest BCUT2D eigenvalue weighted by atomic mass is 10.1. The second-order valence-electron chi connectivity index (χ2n) is 6.33. The van der Waals surface area contributed by atoms with Gasteiger partial charge in [0.05, 0.1) is 29.8 Å². The SMILES string of the molecule is O=c1c2ccc(Cl)cc2nc(SCC2CCCCO2)n1Cc1ccco1. The largest absolute Gasteiger partial charge is 0.467 e. The predicted molar refractivity (Wildman–Crippen MR) is 103 cm³/mol. The van der Waals surface area contributed by atoms with E-state index in [2.05, 4.69) is 0 Å². The van der Waals surface area contributed by atoms with E-state index in [9.17, 15) is 4.79 Å². The molecule has 0 amide bonds. The lowest BCUT2D eigenvalue weighted by molar-refractivity contribution is 0.0315. The van der Waals surface area contributed by atoms with Crippen LogP contribution in [0, 0.1) is 0 Å². The van der Waals surface area contributed by atoms with E-state index in [4.69, 9.17) is 25.7 Å². The average Bonchev–Trinajstić information content (AvgIpc) is 3.16. The number of benzene rings is 1. The van der Waals surface area contributed by atoms with Gasteiger partial charge in [0, 0.05) is 17.4 Å². The third-order valence-corrected chi connectivity index (χ3v) is 5.79. The third kappa shape index (κ3) is 3.82. The lowest BCUT2D eigenvalue weighted by Crippen LogP contribution is -2.25. The zero-order valence-electron chi connectivity index (χ0n) is 14.2. The van der Waals surface area contributed by atoms with Crippen molar-refractivity contribution in [2.24, 2.45) is 0 Å². The molecule has 0 spiro atoms. The summed E-state index contributed by atoms with van der Waals surface area (Å²) in [5.74, 6) is 1.49. The minimum atomic E-state index is -0.0878. The first-order valence-corrected chi connectivity index (χ1v) is 10.0. The Morgan fingerprint density at radius 2 is 2.23 bits per heavy atom. The molecule has 7 heteroatoms. The first kappa shape index (κ1) is 17.6. The average molecular weight is 391 g/mol.